The van der Waals surface area contributed by atoms with Gasteiger partial charge in [0.05, 0.1) is 18.4 Å². The Balaban J connectivity index is 1.45. The molecule has 2 aromatic rings. The minimum atomic E-state index is -4.85. The number of halogens is 3. The van der Waals surface area contributed by atoms with Crippen LogP contribution < -0.4 is 19.7 Å². The van der Waals surface area contributed by atoms with E-state index in [-0.39, 0.29) is 30.6 Å². The topological polar surface area (TPSA) is 88.2 Å². The minimum Gasteiger partial charge on any atom is -0.496 e. The second-order valence-electron chi connectivity index (χ2n) is 7.97. The number of benzene rings is 2. The number of amides is 4. The van der Waals surface area contributed by atoms with Crippen LogP contribution in [0.15, 0.2) is 47.4 Å². The number of anilines is 1. The Hall–Kier alpha value is -3.41. The summed E-state index contributed by atoms with van der Waals surface area (Å²) in [5, 5.41) is 2.92. The standard InChI is InChI=1S/C23H22F3N3O5S/c1-33-19-12-16(35-2)7-8-17(19)20(30)27-13-9-10-28-18(11-13)21(31)29(22(28)32)14-3-5-15(6-4-14)34-23(24,25)26/h3-8,12-13,18H,9-11H2,1-2H3,(H,27,30)/t13-,18-/m0/s1. The monoisotopic (exact) mass is 509 g/mol. The molecule has 0 unspecified atom stereocenters. The maximum atomic E-state index is 13.1. The van der Waals surface area contributed by atoms with Crippen LogP contribution in [0, 0.1) is 0 Å². The molecule has 186 valence electrons. The molecule has 2 fully saturated rings. The lowest BCUT2D eigenvalue weighted by Crippen LogP contribution is -2.49. The van der Waals surface area contributed by atoms with Gasteiger partial charge in [0.1, 0.15) is 17.5 Å². The number of piperidine rings is 1. The van der Waals surface area contributed by atoms with Crippen molar-refractivity contribution in [3.8, 4) is 11.5 Å². The number of nitrogens with zero attached hydrogens (tertiary/aromatic N) is 2. The number of alkyl halides is 3. The zero-order valence-electron chi connectivity index (χ0n) is 18.8. The third-order valence-electron chi connectivity index (χ3n) is 5.86. The first-order valence-corrected chi connectivity index (χ1v) is 11.9. The van der Waals surface area contributed by atoms with Crippen LogP contribution in [0.25, 0.3) is 0 Å². The van der Waals surface area contributed by atoms with Crippen molar-refractivity contribution in [1.29, 1.82) is 0 Å². The molecule has 4 amide bonds. The summed E-state index contributed by atoms with van der Waals surface area (Å²) in [6.45, 7) is 0.245. The average Bonchev–Trinajstić information content (AvgIpc) is 3.07. The first-order chi connectivity index (χ1) is 16.6. The summed E-state index contributed by atoms with van der Waals surface area (Å²) in [4.78, 5) is 42.1. The van der Waals surface area contributed by atoms with Crippen molar-refractivity contribution in [2.75, 3.05) is 24.8 Å². The number of fused-ring (bicyclic) bond motifs is 1. The first-order valence-electron chi connectivity index (χ1n) is 10.6. The molecule has 4 rings (SSSR count). The second kappa shape index (κ2) is 9.68. The third kappa shape index (κ3) is 5.16. The van der Waals surface area contributed by atoms with E-state index < -0.39 is 30.1 Å². The number of hydrogen-bond acceptors (Lipinski definition) is 6. The number of ether oxygens (including phenoxy) is 2. The second-order valence-corrected chi connectivity index (χ2v) is 8.85. The predicted octanol–water partition coefficient (Wildman–Crippen LogP) is 4.05. The van der Waals surface area contributed by atoms with Gasteiger partial charge >= 0.3 is 12.4 Å². The normalized spacial score (nSPS) is 20.0. The zero-order valence-corrected chi connectivity index (χ0v) is 19.6. The largest absolute Gasteiger partial charge is 0.573 e. The smallest absolute Gasteiger partial charge is 0.496 e. The van der Waals surface area contributed by atoms with Crippen LogP contribution in [-0.4, -0.2) is 61.1 Å². The van der Waals surface area contributed by atoms with E-state index in [1.165, 1.54) is 35.9 Å². The quantitative estimate of drug-likeness (QED) is 0.467. The van der Waals surface area contributed by atoms with Gasteiger partial charge in [0.2, 0.25) is 0 Å². The number of urea groups is 1. The lowest BCUT2D eigenvalue weighted by molar-refractivity contribution is -0.274. The number of rotatable bonds is 6. The summed E-state index contributed by atoms with van der Waals surface area (Å²) in [6.07, 6.45) is -2.27. The van der Waals surface area contributed by atoms with Crippen molar-refractivity contribution < 1.29 is 37.0 Å². The highest BCUT2D eigenvalue weighted by molar-refractivity contribution is 7.98. The van der Waals surface area contributed by atoms with E-state index in [0.717, 1.165) is 21.9 Å². The van der Waals surface area contributed by atoms with E-state index in [4.69, 9.17) is 4.74 Å². The van der Waals surface area contributed by atoms with Gasteiger partial charge in [0.25, 0.3) is 11.8 Å². The maximum absolute atomic E-state index is 13.1. The van der Waals surface area contributed by atoms with Crippen molar-refractivity contribution in [2.24, 2.45) is 0 Å². The van der Waals surface area contributed by atoms with Crippen LogP contribution in [0.4, 0.5) is 23.7 Å². The number of carbonyl (C=O) groups is 3. The van der Waals surface area contributed by atoms with E-state index in [1.54, 1.807) is 12.1 Å². The molecule has 2 saturated heterocycles. The number of imide groups is 1. The molecule has 2 aliphatic heterocycles. The molecule has 0 bridgehead atoms. The van der Waals surface area contributed by atoms with Gasteiger partial charge in [-0.2, -0.15) is 0 Å². The van der Waals surface area contributed by atoms with Crippen LogP contribution in [0.2, 0.25) is 0 Å². The number of nitrogens with one attached hydrogen (secondary N) is 1. The van der Waals surface area contributed by atoms with Crippen molar-refractivity contribution in [3.63, 3.8) is 0 Å². The summed E-state index contributed by atoms with van der Waals surface area (Å²) in [6, 6.07) is 8.09. The molecule has 0 radical (unpaired) electrons. The number of carbonyl (C=O) groups excluding carboxylic acids is 3. The lowest BCUT2D eigenvalue weighted by atomic mass is 9.97. The van der Waals surface area contributed by atoms with Gasteiger partial charge in [-0.15, -0.1) is 24.9 Å². The van der Waals surface area contributed by atoms with Crippen molar-refractivity contribution >= 4 is 35.3 Å². The third-order valence-corrected chi connectivity index (χ3v) is 6.59. The molecule has 1 N–H and O–H groups in total. The Morgan fingerprint density at radius 1 is 1.14 bits per heavy atom. The fourth-order valence-corrected chi connectivity index (χ4v) is 4.64. The molecule has 0 aromatic heterocycles. The maximum Gasteiger partial charge on any atom is 0.573 e. The molecule has 0 aliphatic carbocycles. The minimum absolute atomic E-state index is 0.142. The summed E-state index contributed by atoms with van der Waals surface area (Å²) in [5.74, 6) is -0.868. The molecule has 0 saturated carbocycles. The molecule has 2 aromatic carbocycles. The predicted molar refractivity (Wildman–Crippen MR) is 122 cm³/mol. The van der Waals surface area contributed by atoms with Gasteiger partial charge in [-0.25, -0.2) is 9.69 Å². The van der Waals surface area contributed by atoms with Gasteiger partial charge in [-0.1, -0.05) is 0 Å². The first kappa shape index (κ1) is 24.7. The van der Waals surface area contributed by atoms with Crippen molar-refractivity contribution in [1.82, 2.24) is 10.2 Å². The molecule has 35 heavy (non-hydrogen) atoms. The summed E-state index contributed by atoms with van der Waals surface area (Å²) < 4.78 is 46.4. The van der Waals surface area contributed by atoms with E-state index in [2.05, 4.69) is 10.1 Å². The summed E-state index contributed by atoms with van der Waals surface area (Å²) in [5.41, 5.74) is 0.507. The fourth-order valence-electron chi connectivity index (χ4n) is 4.22. The van der Waals surface area contributed by atoms with Gasteiger partial charge in [0.15, 0.2) is 0 Å². The number of thioether (sulfide) groups is 1. The fraction of sp³-hybridized carbons (Fsp3) is 0.348. The van der Waals surface area contributed by atoms with Gasteiger partial charge < -0.3 is 19.7 Å². The van der Waals surface area contributed by atoms with Crippen LogP contribution in [0.5, 0.6) is 11.5 Å². The van der Waals surface area contributed by atoms with E-state index in [1.807, 2.05) is 12.3 Å². The molecule has 2 heterocycles. The summed E-state index contributed by atoms with van der Waals surface area (Å²) >= 11 is 1.52. The number of hydrogen-bond donors (Lipinski definition) is 1. The highest BCUT2D eigenvalue weighted by Crippen LogP contribution is 2.33. The Morgan fingerprint density at radius 2 is 1.86 bits per heavy atom. The van der Waals surface area contributed by atoms with E-state index in [9.17, 15) is 27.6 Å². The molecule has 0 spiro atoms. The Labute approximate surface area is 203 Å². The van der Waals surface area contributed by atoms with Crippen molar-refractivity contribution in [2.45, 2.75) is 36.2 Å². The van der Waals surface area contributed by atoms with Gasteiger partial charge in [0, 0.05) is 17.5 Å². The highest BCUT2D eigenvalue weighted by Gasteiger charge is 2.48. The van der Waals surface area contributed by atoms with Crippen LogP contribution >= 0.6 is 11.8 Å². The van der Waals surface area contributed by atoms with Gasteiger partial charge in [-0.05, 0) is 61.6 Å². The van der Waals surface area contributed by atoms with E-state index >= 15 is 0 Å². The van der Waals surface area contributed by atoms with Crippen molar-refractivity contribution in [3.05, 3.63) is 48.0 Å². The number of methoxy groups -OCH3 is 1. The van der Waals surface area contributed by atoms with Crippen LogP contribution in [-0.2, 0) is 4.79 Å². The Morgan fingerprint density at radius 3 is 2.49 bits per heavy atom. The molecular formula is C23H22F3N3O5S. The molecular weight excluding hydrogens is 487 g/mol. The highest BCUT2D eigenvalue weighted by atomic mass is 32.2. The van der Waals surface area contributed by atoms with Crippen LogP contribution in [0.3, 0.4) is 0 Å². The molecule has 2 atom stereocenters. The molecule has 2 aliphatic rings. The van der Waals surface area contributed by atoms with Crippen LogP contribution in [0.1, 0.15) is 23.2 Å². The van der Waals surface area contributed by atoms with Gasteiger partial charge in [-0.3, -0.25) is 9.59 Å². The average molecular weight is 510 g/mol. The van der Waals surface area contributed by atoms with E-state index in [0.29, 0.717) is 17.7 Å². The lowest BCUT2D eigenvalue weighted by Gasteiger charge is -2.32. The zero-order chi connectivity index (χ0) is 25.3. The Bertz CT molecular complexity index is 1140. The molecule has 8 nitrogen and oxygen atoms in total. The summed E-state index contributed by atoms with van der Waals surface area (Å²) in [7, 11) is 1.48. The Kier molecular flexibility index (Phi) is 6.84. The SMILES string of the molecule is COc1cc(SC)ccc1C(=O)N[C@H]1CCN2C(=O)N(c3ccc(OC(F)(F)F)cc3)C(=O)[C@@H]2C1. The molecule has 12 heteroatoms.